The molecule has 0 radical (unpaired) electrons. The summed E-state index contributed by atoms with van der Waals surface area (Å²) < 4.78 is 19.1. The lowest BCUT2D eigenvalue weighted by atomic mass is 10.0. The molecule has 3 aromatic rings. The van der Waals surface area contributed by atoms with Crippen LogP contribution in [0.3, 0.4) is 0 Å². The summed E-state index contributed by atoms with van der Waals surface area (Å²) in [6, 6.07) is 14.6. The van der Waals surface area contributed by atoms with Crippen molar-refractivity contribution in [3.63, 3.8) is 0 Å². The number of piperazine rings is 1. The average molecular weight is 421 g/mol. The highest BCUT2D eigenvalue weighted by atomic mass is 19.1. The van der Waals surface area contributed by atoms with Crippen LogP contribution < -0.4 is 9.64 Å². The molecule has 2 fully saturated rings. The van der Waals surface area contributed by atoms with Crippen molar-refractivity contribution in [1.29, 1.82) is 0 Å². The Morgan fingerprint density at radius 1 is 1.16 bits per heavy atom. The molecule has 1 N–H and O–H groups in total. The van der Waals surface area contributed by atoms with Crippen molar-refractivity contribution < 1.29 is 18.8 Å². The number of fused-ring (bicyclic) bond motifs is 1. The number of nitrogens with zero attached hydrogens (tertiary/aromatic N) is 2. The predicted molar refractivity (Wildman–Crippen MR) is 117 cm³/mol. The second-order valence-corrected chi connectivity index (χ2v) is 8.56. The Labute approximate surface area is 181 Å². The lowest BCUT2D eigenvalue weighted by Crippen LogP contribution is -3.13. The van der Waals surface area contributed by atoms with Crippen LogP contribution in [-0.2, 0) is 6.54 Å². The number of aromatic nitrogens is 1. The molecule has 1 aromatic heterocycles. The molecule has 1 aliphatic carbocycles. The normalized spacial score (nSPS) is 17.2. The van der Waals surface area contributed by atoms with E-state index in [4.69, 9.17) is 9.72 Å². The van der Waals surface area contributed by atoms with Gasteiger partial charge in [0.2, 0.25) is 0 Å². The molecule has 5 rings (SSSR count). The van der Waals surface area contributed by atoms with Crippen LogP contribution in [0.15, 0.2) is 48.5 Å². The summed E-state index contributed by atoms with van der Waals surface area (Å²) in [5.74, 6) is 1.05. The average Bonchev–Trinajstić information content (AvgIpc) is 3.64. The Bertz CT molecular complexity index is 1120. The second-order valence-electron chi connectivity index (χ2n) is 8.56. The molecule has 1 aliphatic heterocycles. The lowest BCUT2D eigenvalue weighted by molar-refractivity contribution is -0.917. The first-order valence-electron chi connectivity index (χ1n) is 11.0. The van der Waals surface area contributed by atoms with Gasteiger partial charge in [0.05, 0.1) is 49.9 Å². The molecule has 0 bridgehead atoms. The summed E-state index contributed by atoms with van der Waals surface area (Å²) in [5.41, 5.74) is 3.58. The van der Waals surface area contributed by atoms with Crippen LogP contribution in [0.5, 0.6) is 5.75 Å². The van der Waals surface area contributed by atoms with Gasteiger partial charge in [0.25, 0.3) is 5.91 Å². The van der Waals surface area contributed by atoms with Gasteiger partial charge >= 0.3 is 0 Å². The number of halogens is 1. The number of pyridine rings is 1. The smallest absolute Gasteiger partial charge is 0.255 e. The minimum atomic E-state index is -0.250. The monoisotopic (exact) mass is 420 g/mol. The zero-order chi connectivity index (χ0) is 21.4. The number of quaternary nitrogens is 1. The molecule has 0 atom stereocenters. The highest BCUT2D eigenvalue weighted by Gasteiger charge is 2.30. The van der Waals surface area contributed by atoms with Crippen LogP contribution in [0.1, 0.15) is 40.4 Å². The van der Waals surface area contributed by atoms with Gasteiger partial charge in [-0.25, -0.2) is 4.39 Å². The van der Waals surface area contributed by atoms with Crippen LogP contribution in [-0.4, -0.2) is 49.1 Å². The Morgan fingerprint density at radius 2 is 1.94 bits per heavy atom. The number of hydrogen-bond acceptors (Lipinski definition) is 3. The topological polar surface area (TPSA) is 46.9 Å². The minimum Gasteiger partial charge on any atom is -0.496 e. The largest absolute Gasteiger partial charge is 0.496 e. The molecular weight excluding hydrogens is 393 g/mol. The third-order valence-corrected chi connectivity index (χ3v) is 6.40. The van der Waals surface area contributed by atoms with Crippen molar-refractivity contribution in [2.24, 2.45) is 0 Å². The minimum absolute atomic E-state index is 0.0860. The fourth-order valence-corrected chi connectivity index (χ4v) is 4.49. The van der Waals surface area contributed by atoms with Crippen molar-refractivity contribution in [1.82, 2.24) is 9.88 Å². The molecule has 5 nitrogen and oxygen atoms in total. The number of nitrogens with one attached hydrogen (secondary N) is 1. The van der Waals surface area contributed by atoms with Gasteiger partial charge in [-0.3, -0.25) is 9.78 Å². The van der Waals surface area contributed by atoms with Crippen molar-refractivity contribution in [3.8, 4) is 5.75 Å². The first kappa shape index (κ1) is 19.9. The van der Waals surface area contributed by atoms with Gasteiger partial charge in [-0.1, -0.05) is 18.2 Å². The summed E-state index contributed by atoms with van der Waals surface area (Å²) >= 11 is 0. The van der Waals surface area contributed by atoms with Crippen molar-refractivity contribution in [2.45, 2.75) is 25.3 Å². The molecule has 2 aliphatic rings. The number of amides is 1. The first-order chi connectivity index (χ1) is 15.1. The lowest BCUT2D eigenvalue weighted by Gasteiger charge is -2.32. The van der Waals surface area contributed by atoms with Crippen molar-refractivity contribution in [3.05, 3.63) is 71.2 Å². The summed E-state index contributed by atoms with van der Waals surface area (Å²) in [5, 5.41) is 0.927. The van der Waals surface area contributed by atoms with E-state index in [-0.39, 0.29) is 11.7 Å². The molecule has 31 heavy (non-hydrogen) atoms. The summed E-state index contributed by atoms with van der Waals surface area (Å²) in [6.07, 6.45) is 2.31. The second kappa shape index (κ2) is 8.27. The molecule has 0 unspecified atom stereocenters. The van der Waals surface area contributed by atoms with E-state index in [2.05, 4.69) is 0 Å². The Kier molecular flexibility index (Phi) is 5.32. The van der Waals surface area contributed by atoms with E-state index in [0.717, 1.165) is 53.7 Å². The molecule has 2 aromatic carbocycles. The quantitative estimate of drug-likeness (QED) is 0.691. The number of para-hydroxylation sites is 1. The summed E-state index contributed by atoms with van der Waals surface area (Å²) in [7, 11) is 1.61. The van der Waals surface area contributed by atoms with E-state index < -0.39 is 0 Å². The maximum atomic E-state index is 13.7. The number of methoxy groups -OCH3 is 1. The molecule has 160 valence electrons. The number of benzene rings is 2. The molecule has 0 spiro atoms. The van der Waals surface area contributed by atoms with E-state index in [0.29, 0.717) is 31.3 Å². The Balaban J connectivity index is 1.31. The SMILES string of the molecule is COc1ccc(F)cc1C[NH+]1CCN(C(=O)c2cc(C3CC3)nc3ccccc23)CC1. The van der Waals surface area contributed by atoms with Crippen LogP contribution in [0, 0.1) is 5.82 Å². The molecular formula is C25H27FN3O2+. The number of ether oxygens (including phenoxy) is 1. The number of hydrogen-bond donors (Lipinski definition) is 1. The van der Waals surface area contributed by atoms with Crippen LogP contribution in [0.4, 0.5) is 4.39 Å². The Morgan fingerprint density at radius 3 is 2.68 bits per heavy atom. The zero-order valence-electron chi connectivity index (χ0n) is 17.7. The van der Waals surface area contributed by atoms with E-state index in [1.54, 1.807) is 19.2 Å². The van der Waals surface area contributed by atoms with E-state index >= 15 is 0 Å². The molecule has 6 heteroatoms. The van der Waals surface area contributed by atoms with Gasteiger partial charge in [-0.2, -0.15) is 0 Å². The van der Waals surface area contributed by atoms with E-state index in [1.165, 1.54) is 11.0 Å². The highest BCUT2D eigenvalue weighted by Crippen LogP contribution is 2.40. The maximum Gasteiger partial charge on any atom is 0.255 e. The predicted octanol–water partition coefficient (Wildman–Crippen LogP) is 2.80. The van der Waals surface area contributed by atoms with Crippen LogP contribution in [0.25, 0.3) is 10.9 Å². The molecule has 2 heterocycles. The Hall–Kier alpha value is -2.99. The molecule has 1 saturated carbocycles. The highest BCUT2D eigenvalue weighted by molar-refractivity contribution is 6.06. The van der Waals surface area contributed by atoms with Gasteiger partial charge in [0.15, 0.2) is 0 Å². The van der Waals surface area contributed by atoms with Gasteiger partial charge < -0.3 is 14.5 Å². The van der Waals surface area contributed by atoms with Gasteiger partial charge in [-0.05, 0) is 43.2 Å². The third-order valence-electron chi connectivity index (χ3n) is 6.40. The maximum absolute atomic E-state index is 13.7. The zero-order valence-corrected chi connectivity index (χ0v) is 17.7. The number of carbonyl (C=O) groups is 1. The van der Waals surface area contributed by atoms with E-state index in [1.807, 2.05) is 35.2 Å². The third kappa shape index (κ3) is 4.12. The summed E-state index contributed by atoms with van der Waals surface area (Å²) in [4.78, 5) is 21.5. The van der Waals surface area contributed by atoms with Gasteiger partial charge in [0, 0.05) is 17.0 Å². The fraction of sp³-hybridized carbons (Fsp3) is 0.360. The summed E-state index contributed by atoms with van der Waals surface area (Å²) in [6.45, 7) is 3.70. The number of carbonyl (C=O) groups excluding carboxylic acids is 1. The van der Waals surface area contributed by atoms with Gasteiger partial charge in [-0.15, -0.1) is 0 Å². The fourth-order valence-electron chi connectivity index (χ4n) is 4.49. The van der Waals surface area contributed by atoms with Crippen molar-refractivity contribution >= 4 is 16.8 Å². The van der Waals surface area contributed by atoms with Gasteiger partial charge in [0.1, 0.15) is 18.1 Å². The molecule has 1 saturated heterocycles. The van der Waals surface area contributed by atoms with E-state index in [9.17, 15) is 9.18 Å². The van der Waals surface area contributed by atoms with Crippen LogP contribution >= 0.6 is 0 Å². The standard InChI is InChI=1S/C25H26FN3O2/c1-31-24-9-8-19(26)14-18(24)16-28-10-12-29(13-11-28)25(30)21-15-23(17-6-7-17)27-22-5-3-2-4-20(21)22/h2-5,8-9,14-15,17H,6-7,10-13,16H2,1H3/p+1. The van der Waals surface area contributed by atoms with Crippen LogP contribution in [0.2, 0.25) is 0 Å². The molecule has 1 amide bonds. The first-order valence-corrected chi connectivity index (χ1v) is 11.0. The number of rotatable bonds is 5. The van der Waals surface area contributed by atoms with Crippen molar-refractivity contribution in [2.75, 3.05) is 33.3 Å².